The molecule has 1 aliphatic heterocycles. The number of nitrogen functional groups attached to an aromatic ring is 1. The molecule has 0 aliphatic carbocycles. The molecule has 0 saturated carbocycles. The lowest BCUT2D eigenvalue weighted by Crippen LogP contribution is -2.39. The van der Waals surface area contributed by atoms with Gasteiger partial charge in [-0.25, -0.2) is 58.9 Å². The predicted molar refractivity (Wildman–Crippen MR) is 505 cm³/mol. The van der Waals surface area contributed by atoms with Gasteiger partial charge in [0, 0.05) is 113 Å². The van der Waals surface area contributed by atoms with Crippen molar-refractivity contribution in [2.45, 2.75) is 209 Å². The highest BCUT2D eigenvalue weighted by molar-refractivity contribution is 5.94. The summed E-state index contributed by atoms with van der Waals surface area (Å²) in [7, 11) is 5.79. The Morgan fingerprint density at radius 1 is 0.413 bits per heavy atom. The normalized spacial score (nSPS) is 12.2. The molecule has 684 valence electrons. The van der Waals surface area contributed by atoms with Crippen LogP contribution in [0.3, 0.4) is 0 Å². The average Bonchev–Trinajstić information content (AvgIpc) is 1.07. The van der Waals surface area contributed by atoms with Gasteiger partial charge in [0.25, 0.3) is 5.91 Å². The molecule has 0 bridgehead atoms. The van der Waals surface area contributed by atoms with Crippen LogP contribution in [0.4, 0.5) is 43.6 Å². The highest BCUT2D eigenvalue weighted by atomic mass is 16.6. The number of tetrazole rings is 1. The van der Waals surface area contributed by atoms with Crippen molar-refractivity contribution >= 4 is 53.4 Å². The van der Waals surface area contributed by atoms with Gasteiger partial charge in [0.05, 0.1) is 46.3 Å². The van der Waals surface area contributed by atoms with Crippen LogP contribution in [0, 0.1) is 0 Å². The number of hydrogen-bond donors (Lipinski definition) is 6. The molecule has 1 fully saturated rings. The van der Waals surface area contributed by atoms with Crippen LogP contribution < -0.4 is 32.3 Å². The van der Waals surface area contributed by atoms with E-state index in [1.54, 1.807) is 68.6 Å². The first kappa shape index (κ1) is 107. The lowest BCUT2D eigenvalue weighted by Gasteiger charge is -2.26. The topological polar surface area (TPSA) is 360 Å². The summed E-state index contributed by atoms with van der Waals surface area (Å²) in [6.45, 7) is 59.1. The average molecular weight is 1730 g/mol. The van der Waals surface area contributed by atoms with Gasteiger partial charge in [-0.05, 0) is 152 Å². The summed E-state index contributed by atoms with van der Waals surface area (Å²) < 4.78 is 30.4. The summed E-state index contributed by atoms with van der Waals surface area (Å²) in [5.74, 6) is 1.98. The Balaban J connectivity index is 0.000000303. The first-order valence-electron chi connectivity index (χ1n) is 42.1. The maximum Gasteiger partial charge on any atom is 0.413 e. The van der Waals surface area contributed by atoms with Gasteiger partial charge in [0.2, 0.25) is 11.9 Å². The van der Waals surface area contributed by atoms with Crippen molar-refractivity contribution in [1.82, 2.24) is 70.3 Å². The molecule has 0 spiro atoms. The number of carbonyl (C=O) groups is 4. The van der Waals surface area contributed by atoms with E-state index in [1.165, 1.54) is 42.0 Å². The molecule has 7 heterocycles. The minimum atomic E-state index is -0.571. The lowest BCUT2D eigenvalue weighted by molar-refractivity contribution is 0.0398. The first-order valence-corrected chi connectivity index (χ1v) is 42.1. The van der Waals surface area contributed by atoms with Gasteiger partial charge in [0.15, 0.2) is 0 Å². The van der Waals surface area contributed by atoms with Crippen molar-refractivity contribution < 1.29 is 47.6 Å². The largest absolute Gasteiger partial charge is 0.453 e. The zero-order chi connectivity index (χ0) is 94.1. The molecule has 1 saturated heterocycles. The van der Waals surface area contributed by atoms with Gasteiger partial charge in [-0.1, -0.05) is 239 Å². The van der Waals surface area contributed by atoms with Gasteiger partial charge in [-0.2, -0.15) is 0 Å². The van der Waals surface area contributed by atoms with E-state index in [0.29, 0.717) is 37.1 Å². The van der Waals surface area contributed by atoms with Crippen molar-refractivity contribution in [3.63, 3.8) is 0 Å². The summed E-state index contributed by atoms with van der Waals surface area (Å²) in [6.07, 6.45) is 15.9. The molecule has 0 atom stereocenters. The molecule has 10 aromatic rings. The Labute approximate surface area is 748 Å². The summed E-state index contributed by atoms with van der Waals surface area (Å²) in [4.78, 5) is 79.7. The molecule has 0 unspecified atom stereocenters. The molecular weight excluding hydrogens is 1590 g/mol. The van der Waals surface area contributed by atoms with Crippen LogP contribution >= 0.6 is 0 Å². The molecule has 7 N–H and O–H groups in total. The van der Waals surface area contributed by atoms with E-state index in [4.69, 9.17) is 24.7 Å². The molecule has 0 radical (unpaired) electrons. The van der Waals surface area contributed by atoms with Gasteiger partial charge in [-0.15, -0.1) is 5.10 Å². The van der Waals surface area contributed by atoms with Crippen LogP contribution in [0.5, 0.6) is 0 Å². The van der Waals surface area contributed by atoms with Crippen LogP contribution in [-0.2, 0) is 71.7 Å². The molecule has 29 nitrogen and oxygen atoms in total. The van der Waals surface area contributed by atoms with Gasteiger partial charge >= 0.3 is 18.3 Å². The number of methoxy groups -OCH3 is 4. The van der Waals surface area contributed by atoms with Crippen LogP contribution in [0.15, 0.2) is 184 Å². The fourth-order valence-corrected chi connectivity index (χ4v) is 10.7. The number of hydrogen-bond acceptors (Lipinski definition) is 24. The number of anilines is 5. The number of aromatic nitrogens is 12. The number of rotatable bonds is 16. The van der Waals surface area contributed by atoms with Gasteiger partial charge < -0.3 is 44.8 Å². The molecule has 29 heteroatoms. The monoisotopic (exact) mass is 1730 g/mol. The van der Waals surface area contributed by atoms with Crippen LogP contribution in [0.1, 0.15) is 221 Å². The standard InChI is InChI=1S/C15H25N3O.C14H16N2.C14H21NO3.C14H21NO2.C11H14N4.C11H16N2O2.C10H15N3O2.C8H13N3/c1-15(2,3)13-4-5-14(17-12-13)16-6-7-18-8-10-19-11-9-18;1-14(2,3)13-6-4-11(5-7-13)12-8-15-10-16-9-12;1-14(2,3)11-5-7-12(8-6-11)15-13(16)18-10-9-17-4;1-14(2,3)12-7-5-11(6-8-12)13(16)15-9-10-17-4;1-11(2,3)9-4-6-10(7-5-9)15-8-12-13-14-15;1-11(2,3)8-5-6-9(12-7-8)13-10(14)15-4;1-10(2,3)7-5-11-8(12-6-7)13-9(14)15-4;1-8(2,3)6-4-10-7(9)11-5-6/h4-5,12H,6-11H2,1-3H3,(H,16,17);4-10H,1-3H3;5-8H,9-10H2,1-4H3,(H,15,16);5-8H,9-10H2,1-4H3,(H,15,16);4-8H,1-3H3;5-7H,1-4H3,(H,12,13,14);5-6H,1-4H3,(H,11,12,13,14);4-5H,1-3H3,(H2,9,10,11). The third kappa shape index (κ3) is 41.3. The number of carbonyl (C=O) groups excluding carboxylic acids is 4. The lowest BCUT2D eigenvalue weighted by atomic mass is 9.86. The molecule has 4 amide bonds. The van der Waals surface area contributed by atoms with Crippen LogP contribution in [-0.4, -0.2) is 183 Å². The second-order valence-corrected chi connectivity index (χ2v) is 37.8. The quantitative estimate of drug-likeness (QED) is 0.0386. The number of pyridine rings is 2. The van der Waals surface area contributed by atoms with E-state index in [1.807, 2.05) is 85.3 Å². The number of nitrogens with two attached hydrogens (primary N) is 1. The van der Waals surface area contributed by atoms with Gasteiger partial charge in [-0.3, -0.25) is 25.6 Å². The highest BCUT2D eigenvalue weighted by Crippen LogP contribution is 2.30. The zero-order valence-corrected chi connectivity index (χ0v) is 79.9. The Bertz CT molecular complexity index is 4670. The summed E-state index contributed by atoms with van der Waals surface area (Å²) in [6, 6.07) is 40.3. The predicted octanol–water partition coefficient (Wildman–Crippen LogP) is 18.9. The Morgan fingerprint density at radius 3 is 1.25 bits per heavy atom. The Kier molecular flexibility index (Phi) is 43.1. The minimum Gasteiger partial charge on any atom is -0.453 e. The summed E-state index contributed by atoms with van der Waals surface area (Å²) >= 11 is 0. The van der Waals surface area contributed by atoms with Crippen LogP contribution in [0.25, 0.3) is 16.8 Å². The third-order valence-electron chi connectivity index (χ3n) is 19.1. The van der Waals surface area contributed by atoms with Crippen molar-refractivity contribution in [2.24, 2.45) is 0 Å². The van der Waals surface area contributed by atoms with E-state index in [-0.39, 0.29) is 61.8 Å². The number of nitrogens with zero attached hydrogens (tertiary/aromatic N) is 13. The number of ether oxygens (including phenoxy) is 6. The van der Waals surface area contributed by atoms with Crippen molar-refractivity contribution in [1.29, 1.82) is 0 Å². The molecular formula is C97H141N19O10. The molecule has 4 aromatic carbocycles. The number of amides is 4. The molecule has 1 aliphatic rings. The Morgan fingerprint density at radius 2 is 0.825 bits per heavy atom. The second kappa shape index (κ2) is 51.0. The fraction of sp³-hybridized carbons (Fsp3) is 0.474. The molecule has 126 heavy (non-hydrogen) atoms. The third-order valence-corrected chi connectivity index (χ3v) is 19.1. The first-order chi connectivity index (χ1) is 58.9. The summed E-state index contributed by atoms with van der Waals surface area (Å²) in [5, 5.41) is 24.8. The van der Waals surface area contributed by atoms with E-state index < -0.39 is 18.3 Å². The Hall–Kier alpha value is -11.8. The van der Waals surface area contributed by atoms with E-state index in [2.05, 4.69) is 311 Å². The van der Waals surface area contributed by atoms with E-state index >= 15 is 0 Å². The van der Waals surface area contributed by atoms with E-state index in [9.17, 15) is 19.2 Å². The van der Waals surface area contributed by atoms with Crippen molar-refractivity contribution in [2.75, 3.05) is 121 Å². The SMILES string of the molecule is CC(C)(C)c1ccc(-c2cncnc2)cc1.CC(C)(C)c1ccc(-n2cnnn2)cc1.CC(C)(C)c1ccc(NCCN2CCOCC2)nc1.CC(C)(C)c1cnc(N)nc1.COC(=O)Nc1ccc(C(C)(C)C)cn1.COC(=O)Nc1ncc(C(C)(C)C)cn1.COCCNC(=O)c1ccc(C(C)(C)C)cc1.COCCOC(=O)Nc1ccc(C(C)(C)C)cc1. The number of benzene rings is 4. The van der Waals surface area contributed by atoms with E-state index in [0.717, 1.165) is 84.4 Å². The second-order valence-electron chi connectivity index (χ2n) is 37.8. The number of morpholine rings is 1. The summed E-state index contributed by atoms with van der Waals surface area (Å²) in [5.41, 5.74) is 20.5. The van der Waals surface area contributed by atoms with Crippen LogP contribution in [0.2, 0.25) is 0 Å². The van der Waals surface area contributed by atoms with Crippen molar-refractivity contribution in [3.8, 4) is 16.8 Å². The van der Waals surface area contributed by atoms with Crippen molar-refractivity contribution in [3.05, 3.63) is 234 Å². The molecule has 6 aromatic heterocycles. The minimum absolute atomic E-state index is 0.00377. The highest BCUT2D eigenvalue weighted by Gasteiger charge is 2.22. The maximum atomic E-state index is 11.7. The zero-order valence-electron chi connectivity index (χ0n) is 79.9. The fourth-order valence-electron chi connectivity index (χ4n) is 10.7. The molecule has 11 rings (SSSR count). The smallest absolute Gasteiger partial charge is 0.413 e. The maximum absolute atomic E-state index is 11.7. The van der Waals surface area contributed by atoms with Gasteiger partial charge in [0.1, 0.15) is 30.9 Å². The number of nitrogens with one attached hydrogen (secondary N) is 5.